The Labute approximate surface area is 162 Å². The third-order valence-corrected chi connectivity index (χ3v) is 6.41. The van der Waals surface area contributed by atoms with Crippen LogP contribution in [0.2, 0.25) is 0 Å². The fourth-order valence-electron chi connectivity index (χ4n) is 3.11. The van der Waals surface area contributed by atoms with Crippen LogP contribution in [0, 0.1) is 3.57 Å². The number of hydrogen-bond donors (Lipinski definition) is 0. The summed E-state index contributed by atoms with van der Waals surface area (Å²) in [7, 11) is 1.65. The van der Waals surface area contributed by atoms with Gasteiger partial charge in [0.2, 0.25) is 0 Å². The number of fused-ring (bicyclic) bond motifs is 3. The number of hydrogen-bond acceptors (Lipinski definition) is 5. The Morgan fingerprint density at radius 2 is 2.20 bits per heavy atom. The molecule has 0 N–H and O–H groups in total. The summed E-state index contributed by atoms with van der Waals surface area (Å²) < 4.78 is 7.59. The minimum atomic E-state index is -0.0798. The second kappa shape index (κ2) is 6.87. The number of aromatic nitrogens is 2. The maximum atomic E-state index is 12.8. The van der Waals surface area contributed by atoms with E-state index in [0.717, 1.165) is 44.4 Å². The minimum absolute atomic E-state index is 0.0798. The highest BCUT2D eigenvalue weighted by molar-refractivity contribution is 14.1. The van der Waals surface area contributed by atoms with Gasteiger partial charge in [-0.25, -0.2) is 4.98 Å². The van der Waals surface area contributed by atoms with Crippen molar-refractivity contribution in [2.75, 3.05) is 7.11 Å². The zero-order valence-electron chi connectivity index (χ0n) is 13.7. The van der Waals surface area contributed by atoms with E-state index in [4.69, 9.17) is 4.74 Å². The molecule has 3 aromatic rings. The topological polar surface area (TPSA) is 56.5 Å². The van der Waals surface area contributed by atoms with Crippen LogP contribution in [0.1, 0.15) is 28.8 Å². The third-order valence-electron chi connectivity index (χ3n) is 4.37. The van der Waals surface area contributed by atoms with Gasteiger partial charge in [-0.2, -0.15) is 9.78 Å². The Morgan fingerprint density at radius 3 is 3.00 bits per heavy atom. The first-order valence-corrected chi connectivity index (χ1v) is 9.96. The van der Waals surface area contributed by atoms with Gasteiger partial charge < -0.3 is 4.74 Å². The molecule has 0 aliphatic heterocycles. The Morgan fingerprint density at radius 1 is 1.36 bits per heavy atom. The molecule has 0 saturated carbocycles. The molecule has 1 aromatic carbocycles. The molecule has 0 saturated heterocycles. The zero-order chi connectivity index (χ0) is 17.4. The molecule has 7 heteroatoms. The van der Waals surface area contributed by atoms with Crippen molar-refractivity contribution < 1.29 is 4.74 Å². The average molecular weight is 465 g/mol. The smallest absolute Gasteiger partial charge is 0.282 e. The summed E-state index contributed by atoms with van der Waals surface area (Å²) in [5.74, 6) is 0.822. The van der Waals surface area contributed by atoms with E-state index in [1.54, 1.807) is 24.7 Å². The molecule has 1 aliphatic rings. The molecule has 128 valence electrons. The number of benzene rings is 1. The molecule has 0 amide bonds. The Kier molecular flexibility index (Phi) is 4.60. The van der Waals surface area contributed by atoms with Gasteiger partial charge in [0, 0.05) is 4.88 Å². The van der Waals surface area contributed by atoms with Crippen LogP contribution in [0.25, 0.3) is 10.2 Å². The fourth-order valence-corrected chi connectivity index (χ4v) is 5.09. The van der Waals surface area contributed by atoms with E-state index in [1.165, 1.54) is 27.9 Å². The molecule has 0 fully saturated rings. The van der Waals surface area contributed by atoms with Crippen LogP contribution in [0.3, 0.4) is 0 Å². The number of thiophene rings is 1. The van der Waals surface area contributed by atoms with E-state index in [2.05, 4.69) is 32.7 Å². The molecule has 2 aromatic heterocycles. The zero-order valence-corrected chi connectivity index (χ0v) is 16.6. The number of rotatable bonds is 3. The van der Waals surface area contributed by atoms with Gasteiger partial charge in [-0.15, -0.1) is 11.3 Å². The molecule has 0 spiro atoms. The van der Waals surface area contributed by atoms with Crippen molar-refractivity contribution >= 4 is 50.4 Å². The Balaban J connectivity index is 1.73. The highest BCUT2D eigenvalue weighted by atomic mass is 127. The summed E-state index contributed by atoms with van der Waals surface area (Å²) in [6.45, 7) is 0. The first kappa shape index (κ1) is 16.7. The summed E-state index contributed by atoms with van der Waals surface area (Å²) in [5, 5.41) is 5.08. The van der Waals surface area contributed by atoms with Crippen molar-refractivity contribution in [3.8, 4) is 5.75 Å². The van der Waals surface area contributed by atoms with Crippen molar-refractivity contribution in [1.82, 2.24) is 9.66 Å². The van der Waals surface area contributed by atoms with Gasteiger partial charge in [0.15, 0.2) is 0 Å². The second-order valence-electron chi connectivity index (χ2n) is 5.92. The van der Waals surface area contributed by atoms with Crippen molar-refractivity contribution in [3.05, 3.63) is 54.5 Å². The van der Waals surface area contributed by atoms with Crippen LogP contribution >= 0.6 is 33.9 Å². The average Bonchev–Trinajstić information content (AvgIpc) is 3.00. The summed E-state index contributed by atoms with van der Waals surface area (Å²) >= 11 is 3.87. The van der Waals surface area contributed by atoms with Crippen molar-refractivity contribution in [3.63, 3.8) is 0 Å². The van der Waals surface area contributed by atoms with Gasteiger partial charge in [0.25, 0.3) is 5.56 Å². The van der Waals surface area contributed by atoms with E-state index in [9.17, 15) is 4.79 Å². The lowest BCUT2D eigenvalue weighted by molar-refractivity contribution is 0.412. The van der Waals surface area contributed by atoms with E-state index < -0.39 is 0 Å². The summed E-state index contributed by atoms with van der Waals surface area (Å²) in [6.07, 6.45) is 7.55. The van der Waals surface area contributed by atoms with Crippen LogP contribution in [-0.2, 0) is 12.8 Å². The highest BCUT2D eigenvalue weighted by Crippen LogP contribution is 2.33. The minimum Gasteiger partial charge on any atom is -0.496 e. The van der Waals surface area contributed by atoms with Crippen LogP contribution in [0.15, 0.2) is 34.4 Å². The van der Waals surface area contributed by atoms with Gasteiger partial charge in [0.05, 0.1) is 22.3 Å². The molecule has 0 bridgehead atoms. The molecule has 1 aliphatic carbocycles. The molecule has 4 rings (SSSR count). The van der Waals surface area contributed by atoms with Crippen LogP contribution in [-0.4, -0.2) is 23.0 Å². The SMILES string of the molecule is COc1ccc(C=Nn2cnc3sc4c(c3c2=O)CCCC4)cc1I. The maximum absolute atomic E-state index is 12.8. The molecule has 5 nitrogen and oxygen atoms in total. The number of methoxy groups -OCH3 is 1. The molecule has 0 unspecified atom stereocenters. The maximum Gasteiger partial charge on any atom is 0.282 e. The normalized spacial score (nSPS) is 14.2. The number of nitrogens with zero attached hydrogens (tertiary/aromatic N) is 3. The third kappa shape index (κ3) is 3.10. The monoisotopic (exact) mass is 465 g/mol. The fraction of sp³-hybridized carbons (Fsp3) is 0.278. The van der Waals surface area contributed by atoms with Gasteiger partial charge in [0.1, 0.15) is 16.9 Å². The number of aryl methyl sites for hydroxylation is 2. The van der Waals surface area contributed by atoms with Crippen LogP contribution in [0.4, 0.5) is 0 Å². The van der Waals surface area contributed by atoms with Gasteiger partial charge in [-0.1, -0.05) is 0 Å². The molecule has 0 atom stereocenters. The number of halogens is 1. The largest absolute Gasteiger partial charge is 0.496 e. The quantitative estimate of drug-likeness (QED) is 0.437. The first-order valence-electron chi connectivity index (χ1n) is 8.07. The Hall–Kier alpha value is -1.74. The van der Waals surface area contributed by atoms with Crippen LogP contribution < -0.4 is 10.3 Å². The van der Waals surface area contributed by atoms with Crippen molar-refractivity contribution in [2.24, 2.45) is 5.10 Å². The number of ether oxygens (including phenoxy) is 1. The lowest BCUT2D eigenvalue weighted by Gasteiger charge is -2.09. The molecule has 0 radical (unpaired) electrons. The standard InChI is InChI=1S/C18H16IN3O2S/c1-24-14-7-6-11(8-13(14)19)9-21-22-10-20-17-16(18(22)23)12-4-2-3-5-15(12)25-17/h6-10H,2-5H2,1H3. The Bertz CT molecular complexity index is 1040. The van der Waals surface area contributed by atoms with E-state index in [1.807, 2.05) is 18.2 Å². The van der Waals surface area contributed by atoms with Crippen molar-refractivity contribution in [1.29, 1.82) is 0 Å². The molecular weight excluding hydrogens is 449 g/mol. The highest BCUT2D eigenvalue weighted by Gasteiger charge is 2.19. The predicted molar refractivity (Wildman–Crippen MR) is 109 cm³/mol. The summed E-state index contributed by atoms with van der Waals surface area (Å²) in [4.78, 5) is 19.4. The van der Waals surface area contributed by atoms with E-state index >= 15 is 0 Å². The molecule has 2 heterocycles. The van der Waals surface area contributed by atoms with E-state index in [0.29, 0.717) is 0 Å². The second-order valence-corrected chi connectivity index (χ2v) is 8.17. The summed E-state index contributed by atoms with van der Waals surface area (Å²) in [6, 6.07) is 5.77. The lowest BCUT2D eigenvalue weighted by atomic mass is 9.97. The van der Waals surface area contributed by atoms with Gasteiger partial charge in [-0.3, -0.25) is 4.79 Å². The van der Waals surface area contributed by atoms with Crippen molar-refractivity contribution in [2.45, 2.75) is 25.7 Å². The van der Waals surface area contributed by atoms with E-state index in [-0.39, 0.29) is 5.56 Å². The lowest BCUT2D eigenvalue weighted by Crippen LogP contribution is -2.18. The van der Waals surface area contributed by atoms with Gasteiger partial charge in [-0.05, 0) is 77.6 Å². The summed E-state index contributed by atoms with van der Waals surface area (Å²) in [5.41, 5.74) is 2.01. The van der Waals surface area contributed by atoms with Gasteiger partial charge >= 0.3 is 0 Å². The predicted octanol–water partition coefficient (Wildman–Crippen LogP) is 3.83. The molecule has 25 heavy (non-hydrogen) atoms. The first-order chi connectivity index (χ1) is 12.2. The molecular formula is C18H16IN3O2S. The van der Waals surface area contributed by atoms with Crippen LogP contribution in [0.5, 0.6) is 5.75 Å².